The molecule has 0 radical (unpaired) electrons. The van der Waals surface area contributed by atoms with Gasteiger partial charge in [-0.25, -0.2) is 0 Å². The van der Waals surface area contributed by atoms with Crippen LogP contribution in [0.4, 0.5) is 0 Å². The van der Waals surface area contributed by atoms with Gasteiger partial charge in [-0.05, 0) is 38.5 Å². The third kappa shape index (κ3) is 4.65. The lowest BCUT2D eigenvalue weighted by atomic mass is 9.89. The zero-order valence-electron chi connectivity index (χ0n) is 10.9. The van der Waals surface area contributed by atoms with Crippen LogP contribution in [0.3, 0.4) is 0 Å². The topological polar surface area (TPSA) is 0 Å². The minimum absolute atomic E-state index is 0.740. The maximum Gasteiger partial charge on any atom is -0.0194 e. The summed E-state index contributed by atoms with van der Waals surface area (Å²) >= 11 is 0. The van der Waals surface area contributed by atoms with E-state index >= 15 is 0 Å². The van der Waals surface area contributed by atoms with E-state index in [1.165, 1.54) is 24.8 Å². The molecule has 16 heavy (non-hydrogen) atoms. The molecule has 0 aliphatic heterocycles. The molecule has 1 aliphatic carbocycles. The highest BCUT2D eigenvalue weighted by Gasteiger charge is 2.08. The van der Waals surface area contributed by atoms with Gasteiger partial charge in [-0.2, -0.15) is 0 Å². The Hall–Kier alpha value is -1.04. The Morgan fingerprint density at radius 1 is 1.50 bits per heavy atom. The Balaban J connectivity index is 2.39. The third-order valence-electron chi connectivity index (χ3n) is 3.13. The molecule has 0 aromatic rings. The third-order valence-corrected chi connectivity index (χ3v) is 3.13. The zero-order chi connectivity index (χ0) is 11.8. The number of allylic oxidation sites excluding steroid dienone is 8. The number of hydrogen-bond acceptors (Lipinski definition) is 0. The van der Waals surface area contributed by atoms with Crippen LogP contribution in [-0.2, 0) is 0 Å². The van der Waals surface area contributed by atoms with Gasteiger partial charge < -0.3 is 0 Å². The fourth-order valence-corrected chi connectivity index (χ4v) is 1.91. The van der Waals surface area contributed by atoms with E-state index in [4.69, 9.17) is 0 Å². The van der Waals surface area contributed by atoms with Crippen molar-refractivity contribution in [1.82, 2.24) is 0 Å². The summed E-state index contributed by atoms with van der Waals surface area (Å²) in [5.74, 6) is 0.740. The van der Waals surface area contributed by atoms with Crippen LogP contribution in [0.2, 0.25) is 0 Å². The Morgan fingerprint density at radius 2 is 2.31 bits per heavy atom. The first-order chi connectivity index (χ1) is 7.74. The highest BCUT2D eigenvalue weighted by atomic mass is 14.1. The van der Waals surface area contributed by atoms with Crippen LogP contribution in [0, 0.1) is 5.92 Å². The molecule has 0 bridgehead atoms. The average Bonchev–Trinajstić information content (AvgIpc) is 2.28. The first-order valence-electron chi connectivity index (χ1n) is 6.42. The molecule has 0 heteroatoms. The average molecular weight is 216 g/mol. The van der Waals surface area contributed by atoms with E-state index in [0.29, 0.717) is 0 Å². The van der Waals surface area contributed by atoms with Gasteiger partial charge in [-0.15, -0.1) is 0 Å². The van der Waals surface area contributed by atoms with Gasteiger partial charge in [0, 0.05) is 0 Å². The van der Waals surface area contributed by atoms with Crippen molar-refractivity contribution in [3.05, 3.63) is 47.6 Å². The van der Waals surface area contributed by atoms with Crippen molar-refractivity contribution >= 4 is 0 Å². The molecule has 0 nitrogen and oxygen atoms in total. The van der Waals surface area contributed by atoms with Gasteiger partial charge in [0.1, 0.15) is 0 Å². The van der Waals surface area contributed by atoms with E-state index in [9.17, 15) is 0 Å². The van der Waals surface area contributed by atoms with Gasteiger partial charge in [0.2, 0.25) is 0 Å². The summed E-state index contributed by atoms with van der Waals surface area (Å²) < 4.78 is 0. The smallest absolute Gasteiger partial charge is 0.0194 e. The van der Waals surface area contributed by atoms with Crippen LogP contribution >= 0.6 is 0 Å². The summed E-state index contributed by atoms with van der Waals surface area (Å²) in [6.45, 7) is 6.72. The van der Waals surface area contributed by atoms with Gasteiger partial charge in [-0.3, -0.25) is 0 Å². The second-order valence-electron chi connectivity index (χ2n) is 4.66. The normalized spacial score (nSPS) is 21.6. The van der Waals surface area contributed by atoms with Crippen molar-refractivity contribution in [2.24, 2.45) is 5.92 Å². The van der Waals surface area contributed by atoms with Crippen molar-refractivity contribution in [2.45, 2.75) is 46.5 Å². The lowest BCUT2D eigenvalue weighted by molar-refractivity contribution is 0.645. The van der Waals surface area contributed by atoms with Gasteiger partial charge >= 0.3 is 0 Å². The van der Waals surface area contributed by atoms with Crippen molar-refractivity contribution in [1.29, 1.82) is 0 Å². The number of hydrogen-bond donors (Lipinski definition) is 0. The van der Waals surface area contributed by atoms with Crippen LogP contribution in [0.5, 0.6) is 0 Å². The van der Waals surface area contributed by atoms with Crippen molar-refractivity contribution in [3.63, 3.8) is 0 Å². The largest absolute Gasteiger partial charge is 0.0848 e. The summed E-state index contributed by atoms with van der Waals surface area (Å²) in [6, 6.07) is 0. The minimum atomic E-state index is 0.740. The van der Waals surface area contributed by atoms with E-state index in [0.717, 1.165) is 12.3 Å². The van der Waals surface area contributed by atoms with E-state index in [1.54, 1.807) is 5.57 Å². The zero-order valence-corrected chi connectivity index (χ0v) is 10.9. The summed E-state index contributed by atoms with van der Waals surface area (Å²) in [6.07, 6.45) is 18.1. The lowest BCUT2D eigenvalue weighted by Crippen LogP contribution is -2.01. The molecular weight excluding hydrogens is 192 g/mol. The quantitative estimate of drug-likeness (QED) is 0.554. The van der Waals surface area contributed by atoms with Gasteiger partial charge in [0.25, 0.3) is 0 Å². The molecule has 0 aromatic carbocycles. The molecule has 0 aromatic heterocycles. The monoisotopic (exact) mass is 216 g/mol. The highest BCUT2D eigenvalue weighted by molar-refractivity contribution is 5.22. The van der Waals surface area contributed by atoms with Gasteiger partial charge in [0.15, 0.2) is 0 Å². The molecule has 1 aliphatic rings. The predicted octanol–water partition coefficient (Wildman–Crippen LogP) is 5.20. The van der Waals surface area contributed by atoms with Crippen molar-refractivity contribution < 1.29 is 0 Å². The van der Waals surface area contributed by atoms with E-state index < -0.39 is 0 Å². The van der Waals surface area contributed by atoms with Crippen molar-refractivity contribution in [3.8, 4) is 0 Å². The first-order valence-corrected chi connectivity index (χ1v) is 6.42. The van der Waals surface area contributed by atoms with E-state index in [-0.39, 0.29) is 0 Å². The standard InChI is InChI=1S/C16H24/c1-4-5-6-9-14(2)12-13-16-11-8-7-10-15(16)3/h5-9,11,15H,4,10,12-13H2,1-3H3. The molecule has 1 unspecified atom stereocenters. The van der Waals surface area contributed by atoms with Crippen LogP contribution in [0.15, 0.2) is 47.6 Å². The maximum absolute atomic E-state index is 2.32. The second-order valence-corrected chi connectivity index (χ2v) is 4.66. The lowest BCUT2D eigenvalue weighted by Gasteiger charge is -2.17. The van der Waals surface area contributed by atoms with Crippen LogP contribution in [0.25, 0.3) is 0 Å². The summed E-state index contributed by atoms with van der Waals surface area (Å²) in [4.78, 5) is 0. The SMILES string of the molecule is CCC=CC=C(C)CCC1=CC=CCC1C. The van der Waals surface area contributed by atoms with Crippen LogP contribution < -0.4 is 0 Å². The fourth-order valence-electron chi connectivity index (χ4n) is 1.91. The molecule has 88 valence electrons. The molecule has 0 saturated carbocycles. The molecule has 0 N–H and O–H groups in total. The molecular formula is C16H24. The molecule has 0 saturated heterocycles. The van der Waals surface area contributed by atoms with E-state index in [2.05, 4.69) is 57.2 Å². The van der Waals surface area contributed by atoms with E-state index in [1.807, 2.05) is 0 Å². The fraction of sp³-hybridized carbons (Fsp3) is 0.500. The Kier molecular flexibility index (Phi) is 5.92. The predicted molar refractivity (Wildman–Crippen MR) is 73.4 cm³/mol. The molecule has 1 rings (SSSR count). The Labute approximate surface area is 100 Å². The second kappa shape index (κ2) is 7.27. The highest BCUT2D eigenvalue weighted by Crippen LogP contribution is 2.25. The molecule has 0 fully saturated rings. The van der Waals surface area contributed by atoms with Crippen LogP contribution in [0.1, 0.15) is 46.5 Å². The Morgan fingerprint density at radius 3 is 3.00 bits per heavy atom. The molecule has 0 heterocycles. The van der Waals surface area contributed by atoms with Gasteiger partial charge in [-0.1, -0.05) is 61.4 Å². The summed E-state index contributed by atoms with van der Waals surface area (Å²) in [5.41, 5.74) is 3.09. The van der Waals surface area contributed by atoms with Crippen molar-refractivity contribution in [2.75, 3.05) is 0 Å². The first kappa shape index (κ1) is 13.0. The maximum atomic E-state index is 2.32. The molecule has 0 spiro atoms. The van der Waals surface area contributed by atoms with Crippen LogP contribution in [-0.4, -0.2) is 0 Å². The summed E-state index contributed by atoms with van der Waals surface area (Å²) in [5, 5.41) is 0. The van der Waals surface area contributed by atoms with Gasteiger partial charge in [0.05, 0.1) is 0 Å². The number of rotatable bonds is 5. The Bertz CT molecular complexity index is 313. The summed E-state index contributed by atoms with van der Waals surface area (Å²) in [7, 11) is 0. The molecule has 1 atom stereocenters. The minimum Gasteiger partial charge on any atom is -0.0848 e. The molecule has 0 amide bonds.